The van der Waals surface area contributed by atoms with Crippen LogP contribution in [0.5, 0.6) is 5.75 Å². The fourth-order valence-electron chi connectivity index (χ4n) is 4.56. The maximum absolute atomic E-state index is 13.8. The summed E-state index contributed by atoms with van der Waals surface area (Å²) in [5, 5.41) is 11.6. The Labute approximate surface area is 232 Å². The van der Waals surface area contributed by atoms with Gasteiger partial charge in [-0.25, -0.2) is 9.79 Å². The molecule has 0 saturated carbocycles. The standard InChI is InChI=1S/C29H25N3O7S/c1-5-38-28(34)25-17(3)30-29-31(26(25)18-8-6-16(2)7-9-18)27(33)24(40-29)15-20-11-13-23(39-20)21-12-10-19(37-4)14-22(21)32(35)36/h6-15,26H,5H2,1-4H3/b24-15-. The fraction of sp³-hybridized carbons (Fsp3) is 0.207. The number of rotatable bonds is 7. The summed E-state index contributed by atoms with van der Waals surface area (Å²) in [6.07, 6.45) is 1.57. The minimum atomic E-state index is -0.716. The Morgan fingerprint density at radius 3 is 2.60 bits per heavy atom. The zero-order chi connectivity index (χ0) is 28.6. The van der Waals surface area contributed by atoms with Gasteiger partial charge in [0.05, 0.1) is 52.1 Å². The number of carbonyl (C=O) groups excluding carboxylic acids is 1. The number of ether oxygens (including phenoxy) is 2. The summed E-state index contributed by atoms with van der Waals surface area (Å²) >= 11 is 1.16. The maximum atomic E-state index is 13.8. The summed E-state index contributed by atoms with van der Waals surface area (Å²) < 4.78 is 18.2. The predicted octanol–water partition coefficient (Wildman–Crippen LogP) is 4.28. The second-order valence-electron chi connectivity index (χ2n) is 9.06. The highest BCUT2D eigenvalue weighted by molar-refractivity contribution is 7.07. The van der Waals surface area contributed by atoms with Crippen LogP contribution >= 0.6 is 11.3 Å². The number of aryl methyl sites for hydroxylation is 1. The van der Waals surface area contributed by atoms with Crippen LogP contribution in [0, 0.1) is 17.0 Å². The van der Waals surface area contributed by atoms with E-state index in [9.17, 15) is 19.7 Å². The van der Waals surface area contributed by atoms with Gasteiger partial charge in [0, 0.05) is 6.08 Å². The number of hydrogen-bond acceptors (Lipinski definition) is 9. The molecule has 1 unspecified atom stereocenters. The van der Waals surface area contributed by atoms with Crippen molar-refractivity contribution in [1.82, 2.24) is 4.57 Å². The summed E-state index contributed by atoms with van der Waals surface area (Å²) in [5.74, 6) is 0.425. The minimum Gasteiger partial charge on any atom is -0.497 e. The molecule has 0 radical (unpaired) electrons. The van der Waals surface area contributed by atoms with Gasteiger partial charge in [-0.3, -0.25) is 19.5 Å². The van der Waals surface area contributed by atoms with Crippen LogP contribution in [-0.4, -0.2) is 29.2 Å². The van der Waals surface area contributed by atoms with Crippen molar-refractivity contribution in [3.05, 3.63) is 113 Å². The van der Waals surface area contributed by atoms with E-state index in [1.807, 2.05) is 31.2 Å². The van der Waals surface area contributed by atoms with Gasteiger partial charge in [0.1, 0.15) is 17.3 Å². The molecule has 0 fully saturated rings. The Balaban J connectivity index is 1.62. The Morgan fingerprint density at radius 2 is 1.93 bits per heavy atom. The van der Waals surface area contributed by atoms with E-state index in [2.05, 4.69) is 4.99 Å². The number of esters is 1. The molecule has 0 N–H and O–H groups in total. The first-order valence-corrected chi connectivity index (χ1v) is 13.2. The molecule has 0 spiro atoms. The molecular formula is C29H25N3O7S. The van der Waals surface area contributed by atoms with Crippen LogP contribution in [0.1, 0.15) is 36.8 Å². The summed E-state index contributed by atoms with van der Waals surface area (Å²) in [5.41, 5.74) is 2.33. The summed E-state index contributed by atoms with van der Waals surface area (Å²) in [6.45, 7) is 5.60. The average Bonchev–Trinajstić information content (AvgIpc) is 3.52. The van der Waals surface area contributed by atoms with Crippen LogP contribution < -0.4 is 19.6 Å². The molecule has 40 heavy (non-hydrogen) atoms. The highest BCUT2D eigenvalue weighted by Gasteiger charge is 2.33. The first kappa shape index (κ1) is 26.8. The molecule has 3 heterocycles. The molecule has 5 rings (SSSR count). The fourth-order valence-corrected chi connectivity index (χ4v) is 5.58. The number of nitrogens with zero attached hydrogens (tertiary/aromatic N) is 3. The molecular weight excluding hydrogens is 534 g/mol. The van der Waals surface area contributed by atoms with Gasteiger partial charge in [0.25, 0.3) is 11.2 Å². The van der Waals surface area contributed by atoms with Crippen molar-refractivity contribution in [1.29, 1.82) is 0 Å². The lowest BCUT2D eigenvalue weighted by atomic mass is 9.95. The third kappa shape index (κ3) is 4.87. The third-order valence-corrected chi connectivity index (χ3v) is 7.46. The average molecular weight is 560 g/mol. The smallest absolute Gasteiger partial charge is 0.338 e. The first-order valence-electron chi connectivity index (χ1n) is 12.4. The van der Waals surface area contributed by atoms with Crippen LogP contribution in [0.4, 0.5) is 5.69 Å². The number of fused-ring (bicyclic) bond motifs is 1. The van der Waals surface area contributed by atoms with Gasteiger partial charge < -0.3 is 13.9 Å². The molecule has 10 nitrogen and oxygen atoms in total. The monoisotopic (exact) mass is 559 g/mol. The predicted molar refractivity (Wildman–Crippen MR) is 149 cm³/mol. The Morgan fingerprint density at radius 1 is 1.18 bits per heavy atom. The summed E-state index contributed by atoms with van der Waals surface area (Å²) in [7, 11) is 1.43. The van der Waals surface area contributed by atoms with Gasteiger partial charge in [-0.15, -0.1) is 0 Å². The van der Waals surface area contributed by atoms with E-state index in [0.29, 0.717) is 32.1 Å². The lowest BCUT2D eigenvalue weighted by Gasteiger charge is -2.24. The zero-order valence-electron chi connectivity index (χ0n) is 22.2. The molecule has 0 bridgehead atoms. The van der Waals surface area contributed by atoms with Crippen LogP contribution in [0.15, 0.2) is 80.1 Å². The van der Waals surface area contributed by atoms with Crippen molar-refractivity contribution in [2.24, 2.45) is 4.99 Å². The minimum absolute atomic E-state index is 0.167. The van der Waals surface area contributed by atoms with Crippen molar-refractivity contribution < 1.29 is 23.6 Å². The van der Waals surface area contributed by atoms with E-state index < -0.39 is 16.9 Å². The zero-order valence-corrected chi connectivity index (χ0v) is 23.0. The lowest BCUT2D eigenvalue weighted by Crippen LogP contribution is -2.39. The second kappa shape index (κ2) is 10.8. The normalized spacial score (nSPS) is 15.0. The van der Waals surface area contributed by atoms with Crippen molar-refractivity contribution in [3.63, 3.8) is 0 Å². The van der Waals surface area contributed by atoms with E-state index in [1.165, 1.54) is 17.7 Å². The van der Waals surface area contributed by atoms with E-state index >= 15 is 0 Å². The number of aromatic nitrogens is 1. The van der Waals surface area contributed by atoms with Gasteiger partial charge in [0.15, 0.2) is 4.80 Å². The van der Waals surface area contributed by atoms with Crippen molar-refractivity contribution in [2.75, 3.05) is 13.7 Å². The first-order chi connectivity index (χ1) is 19.2. The lowest BCUT2D eigenvalue weighted by molar-refractivity contribution is -0.384. The number of hydrogen-bond donors (Lipinski definition) is 0. The maximum Gasteiger partial charge on any atom is 0.338 e. The number of nitro groups is 1. The molecule has 204 valence electrons. The van der Waals surface area contributed by atoms with Crippen molar-refractivity contribution >= 4 is 29.1 Å². The number of furan rings is 1. The molecule has 2 aromatic heterocycles. The molecule has 4 aromatic rings. The highest BCUT2D eigenvalue weighted by atomic mass is 32.1. The van der Waals surface area contributed by atoms with Gasteiger partial charge in [-0.1, -0.05) is 41.2 Å². The molecule has 1 aliphatic heterocycles. The number of carbonyl (C=O) groups is 1. The van der Waals surface area contributed by atoms with Crippen LogP contribution in [0.2, 0.25) is 0 Å². The van der Waals surface area contributed by atoms with E-state index in [-0.39, 0.29) is 29.2 Å². The second-order valence-corrected chi connectivity index (χ2v) is 10.1. The molecule has 0 amide bonds. The van der Waals surface area contributed by atoms with Gasteiger partial charge >= 0.3 is 5.97 Å². The molecule has 2 aromatic carbocycles. The topological polar surface area (TPSA) is 126 Å². The number of benzene rings is 2. The SMILES string of the molecule is CCOC(=O)C1=C(C)N=c2s/c(=C\c3ccc(-c4ccc(OC)cc4[N+](=O)[O-])o3)c(=O)n2C1c1ccc(C)cc1. The van der Waals surface area contributed by atoms with Crippen molar-refractivity contribution in [3.8, 4) is 17.1 Å². The van der Waals surface area contributed by atoms with Gasteiger partial charge in [-0.2, -0.15) is 0 Å². The molecule has 1 atom stereocenters. The Bertz CT molecular complexity index is 1850. The van der Waals surface area contributed by atoms with E-state index in [4.69, 9.17) is 13.9 Å². The van der Waals surface area contributed by atoms with Gasteiger partial charge in [-0.05, 0) is 50.6 Å². The van der Waals surface area contributed by atoms with E-state index in [1.54, 1.807) is 44.2 Å². The van der Waals surface area contributed by atoms with Crippen molar-refractivity contribution in [2.45, 2.75) is 26.8 Å². The third-order valence-electron chi connectivity index (χ3n) is 6.48. The Hall–Kier alpha value is -4.77. The van der Waals surface area contributed by atoms with Crippen LogP contribution in [0.25, 0.3) is 17.4 Å². The van der Waals surface area contributed by atoms with Gasteiger partial charge in [0.2, 0.25) is 0 Å². The Kier molecular flexibility index (Phi) is 7.22. The van der Waals surface area contributed by atoms with E-state index in [0.717, 1.165) is 22.5 Å². The number of methoxy groups -OCH3 is 1. The highest BCUT2D eigenvalue weighted by Crippen LogP contribution is 2.34. The largest absolute Gasteiger partial charge is 0.497 e. The quantitative estimate of drug-likeness (QED) is 0.188. The number of allylic oxidation sites excluding steroid dienone is 1. The van der Waals surface area contributed by atoms with Crippen LogP contribution in [0.3, 0.4) is 0 Å². The van der Waals surface area contributed by atoms with Crippen LogP contribution in [-0.2, 0) is 9.53 Å². The number of nitro benzene ring substituents is 1. The summed E-state index contributed by atoms with van der Waals surface area (Å²) in [4.78, 5) is 42.9. The molecule has 0 aliphatic carbocycles. The molecule has 1 aliphatic rings. The number of thiazole rings is 1. The molecule has 0 saturated heterocycles. The summed E-state index contributed by atoms with van der Waals surface area (Å²) in [6, 6.07) is 14.6. The molecule has 11 heteroatoms.